The summed E-state index contributed by atoms with van der Waals surface area (Å²) >= 11 is 1.42. The van der Waals surface area contributed by atoms with Gasteiger partial charge in [0.15, 0.2) is 0 Å². The lowest BCUT2D eigenvalue weighted by Crippen LogP contribution is -2.54. The number of likely N-dealkylation sites (tertiary alicyclic amines) is 1. The topological polar surface area (TPSA) is 125 Å². The van der Waals surface area contributed by atoms with Crippen LogP contribution in [0.15, 0.2) is 24.3 Å². The Hall–Kier alpha value is -2.88. The van der Waals surface area contributed by atoms with E-state index in [4.69, 9.17) is 0 Å². The molecule has 10 heteroatoms. The number of nitrogens with one attached hydrogen (secondary N) is 3. The Labute approximate surface area is 235 Å². The van der Waals surface area contributed by atoms with Gasteiger partial charge in [0.2, 0.25) is 29.5 Å². The summed E-state index contributed by atoms with van der Waals surface area (Å²) in [6, 6.07) is 5.78. The van der Waals surface area contributed by atoms with Crippen LogP contribution in [0.5, 0.6) is 0 Å². The number of carbonyl (C=O) groups is 5. The van der Waals surface area contributed by atoms with Gasteiger partial charge in [0.25, 0.3) is 0 Å². The fourth-order valence-electron chi connectivity index (χ4n) is 3.66. The number of rotatable bonds is 12. The number of imide groups is 1. The smallest absolute Gasteiger partial charge is 0.246 e. The molecule has 3 N–H and O–H groups in total. The molecule has 9 nitrogen and oxygen atoms in total. The van der Waals surface area contributed by atoms with Gasteiger partial charge in [-0.05, 0) is 42.7 Å². The first-order valence-electron chi connectivity index (χ1n) is 13.4. The largest absolute Gasteiger partial charge is 0.344 e. The molecule has 2 unspecified atom stereocenters. The van der Waals surface area contributed by atoms with Crippen LogP contribution in [0.1, 0.15) is 77.6 Å². The molecule has 1 aromatic rings. The molecule has 1 saturated heterocycles. The minimum atomic E-state index is -0.866. The highest BCUT2D eigenvalue weighted by Gasteiger charge is 2.38. The first-order chi connectivity index (χ1) is 18.0. The second-order valence-corrected chi connectivity index (χ2v) is 11.0. The van der Waals surface area contributed by atoms with Crippen LogP contribution in [0.3, 0.4) is 0 Å². The standard InChI is InChI=1S/C25H36N4O5S.C3H8.3H2/c1-6-17-8-10-18(11-9-17)27-23(32)16(5)26-24(33)22(15(3)4)28-20(30)12-13-29-21(31)14-19(25(29)34)35-7-2;1-3-2;;;/h8-11,15-16,19,22H,6-7,12-14H2,1-5H3,(H,26,33)(H,27,32)(H,28,30);3H2,1-2H3;3*1H/t16-,19?,22?;;;;/m0..../s1. The van der Waals surface area contributed by atoms with Crippen LogP contribution < -0.4 is 16.0 Å². The van der Waals surface area contributed by atoms with Gasteiger partial charge in [-0.1, -0.05) is 60.1 Å². The fraction of sp³-hybridized carbons (Fsp3) is 0.607. The number of hydrogen-bond donors (Lipinski definition) is 3. The third-order valence-electron chi connectivity index (χ3n) is 5.78. The fourth-order valence-corrected chi connectivity index (χ4v) is 4.59. The minimum Gasteiger partial charge on any atom is -0.344 e. The Bertz CT molecular complexity index is 967. The molecule has 1 aliphatic heterocycles. The molecule has 1 heterocycles. The summed E-state index contributed by atoms with van der Waals surface area (Å²) in [6.45, 7) is 13.3. The number of nitrogens with zero attached hydrogens (tertiary/aromatic N) is 1. The molecule has 1 fully saturated rings. The SMILES string of the molecule is CCC.CCSC1CC(=O)N(CCC(=O)NC(C(=O)N[C@@H](C)C(=O)Nc2ccc(CC)cc2)C(C)C)C1=O.[HH].[HH].[HH]. The summed E-state index contributed by atoms with van der Waals surface area (Å²) in [5, 5.41) is 7.71. The van der Waals surface area contributed by atoms with Gasteiger partial charge in [-0.2, -0.15) is 0 Å². The molecule has 0 radical (unpaired) electrons. The molecule has 1 aromatic carbocycles. The van der Waals surface area contributed by atoms with Crippen LogP contribution in [-0.4, -0.2) is 64.1 Å². The molecule has 2 rings (SSSR count). The maximum Gasteiger partial charge on any atom is 0.246 e. The monoisotopic (exact) mass is 554 g/mol. The minimum absolute atomic E-state index is 0. The molecule has 0 saturated carbocycles. The summed E-state index contributed by atoms with van der Waals surface area (Å²) < 4.78 is 0. The van der Waals surface area contributed by atoms with Crippen molar-refractivity contribution < 1.29 is 28.3 Å². The van der Waals surface area contributed by atoms with E-state index >= 15 is 0 Å². The average molecular weight is 555 g/mol. The molecular formula is C28H50N4O5S. The molecule has 1 aliphatic rings. The van der Waals surface area contributed by atoms with E-state index in [-0.39, 0.29) is 52.6 Å². The maximum atomic E-state index is 12.8. The number of benzene rings is 1. The van der Waals surface area contributed by atoms with Crippen LogP contribution in [0.2, 0.25) is 0 Å². The molecular weight excluding hydrogens is 504 g/mol. The second kappa shape index (κ2) is 16.9. The normalized spacial score (nSPS) is 16.4. The Morgan fingerprint density at radius 2 is 1.61 bits per heavy atom. The number of amides is 5. The molecule has 0 aromatic heterocycles. The van der Waals surface area contributed by atoms with Gasteiger partial charge in [-0.15, -0.1) is 11.8 Å². The Morgan fingerprint density at radius 1 is 1.00 bits per heavy atom. The summed E-state index contributed by atoms with van der Waals surface area (Å²) in [5.74, 6) is -1.36. The lowest BCUT2D eigenvalue weighted by atomic mass is 10.0. The number of aryl methyl sites for hydroxylation is 1. The van der Waals surface area contributed by atoms with Crippen LogP contribution >= 0.6 is 11.8 Å². The van der Waals surface area contributed by atoms with Crippen LogP contribution in [-0.2, 0) is 30.4 Å². The Kier molecular flexibility index (Phi) is 14.7. The Balaban J connectivity index is -0.00000230. The highest BCUT2D eigenvalue weighted by Crippen LogP contribution is 2.25. The van der Waals surface area contributed by atoms with Gasteiger partial charge in [-0.3, -0.25) is 28.9 Å². The van der Waals surface area contributed by atoms with E-state index in [1.54, 1.807) is 32.9 Å². The van der Waals surface area contributed by atoms with Gasteiger partial charge in [0, 0.05) is 29.4 Å². The van der Waals surface area contributed by atoms with Crippen molar-refractivity contribution in [3.05, 3.63) is 29.8 Å². The molecule has 218 valence electrons. The zero-order chi connectivity index (χ0) is 28.8. The van der Waals surface area contributed by atoms with E-state index in [1.165, 1.54) is 18.2 Å². The van der Waals surface area contributed by atoms with Gasteiger partial charge in [0.1, 0.15) is 12.1 Å². The second-order valence-electron chi connectivity index (χ2n) is 9.55. The van der Waals surface area contributed by atoms with E-state index in [1.807, 2.05) is 26.0 Å². The first kappa shape index (κ1) is 33.1. The van der Waals surface area contributed by atoms with E-state index in [0.717, 1.165) is 22.6 Å². The highest BCUT2D eigenvalue weighted by atomic mass is 32.2. The van der Waals surface area contributed by atoms with E-state index in [2.05, 4.69) is 29.8 Å². The van der Waals surface area contributed by atoms with Crippen molar-refractivity contribution >= 4 is 47.0 Å². The number of thioether (sulfide) groups is 1. The third-order valence-corrected chi connectivity index (χ3v) is 6.88. The van der Waals surface area contributed by atoms with Crippen LogP contribution in [0.25, 0.3) is 0 Å². The number of hydrogen-bond acceptors (Lipinski definition) is 6. The summed E-state index contributed by atoms with van der Waals surface area (Å²) in [7, 11) is 0. The molecule has 38 heavy (non-hydrogen) atoms. The van der Waals surface area contributed by atoms with Crippen molar-refractivity contribution in [3.8, 4) is 0 Å². The van der Waals surface area contributed by atoms with Gasteiger partial charge >= 0.3 is 0 Å². The quantitative estimate of drug-likeness (QED) is 0.332. The lowest BCUT2D eigenvalue weighted by molar-refractivity contribution is -0.139. The predicted molar refractivity (Wildman–Crippen MR) is 159 cm³/mol. The van der Waals surface area contributed by atoms with Crippen molar-refractivity contribution in [3.63, 3.8) is 0 Å². The molecule has 0 bridgehead atoms. The van der Waals surface area contributed by atoms with Crippen molar-refractivity contribution in [2.75, 3.05) is 17.6 Å². The van der Waals surface area contributed by atoms with Crippen molar-refractivity contribution in [1.29, 1.82) is 0 Å². The van der Waals surface area contributed by atoms with Gasteiger partial charge < -0.3 is 16.0 Å². The molecule has 5 amide bonds. The zero-order valence-corrected chi connectivity index (χ0v) is 24.6. The first-order valence-corrected chi connectivity index (χ1v) is 14.5. The maximum absolute atomic E-state index is 12.8. The summed E-state index contributed by atoms with van der Waals surface area (Å²) in [4.78, 5) is 63.5. The van der Waals surface area contributed by atoms with E-state index < -0.39 is 23.9 Å². The van der Waals surface area contributed by atoms with Crippen LogP contribution in [0, 0.1) is 5.92 Å². The summed E-state index contributed by atoms with van der Waals surface area (Å²) in [6.07, 6.45) is 2.20. The Morgan fingerprint density at radius 3 is 2.13 bits per heavy atom. The molecule has 3 atom stereocenters. The van der Waals surface area contributed by atoms with Crippen molar-refractivity contribution in [2.24, 2.45) is 5.92 Å². The predicted octanol–water partition coefficient (Wildman–Crippen LogP) is 4.26. The number of anilines is 1. The van der Waals surface area contributed by atoms with Crippen molar-refractivity contribution in [2.45, 2.75) is 91.5 Å². The lowest BCUT2D eigenvalue weighted by Gasteiger charge is -2.24. The third kappa shape index (κ3) is 10.5. The van der Waals surface area contributed by atoms with E-state index in [0.29, 0.717) is 5.69 Å². The van der Waals surface area contributed by atoms with Crippen molar-refractivity contribution in [1.82, 2.24) is 15.5 Å². The van der Waals surface area contributed by atoms with Gasteiger partial charge in [0.05, 0.1) is 5.25 Å². The van der Waals surface area contributed by atoms with E-state index in [9.17, 15) is 24.0 Å². The summed E-state index contributed by atoms with van der Waals surface area (Å²) in [5.41, 5.74) is 1.78. The zero-order valence-electron chi connectivity index (χ0n) is 23.8. The molecule has 0 aliphatic carbocycles. The highest BCUT2D eigenvalue weighted by molar-refractivity contribution is 8.00. The average Bonchev–Trinajstić information content (AvgIpc) is 3.13. The number of carbonyl (C=O) groups excluding carboxylic acids is 5. The van der Waals surface area contributed by atoms with Crippen LogP contribution in [0.4, 0.5) is 5.69 Å². The van der Waals surface area contributed by atoms with Gasteiger partial charge in [-0.25, -0.2) is 0 Å². The molecule has 0 spiro atoms.